The average molecular weight is 226 g/mol. The number of esters is 1. The highest BCUT2D eigenvalue weighted by molar-refractivity contribution is 5.66. The molecule has 16 heavy (non-hydrogen) atoms. The first-order chi connectivity index (χ1) is 7.13. The molecule has 0 spiro atoms. The predicted octanol–water partition coefficient (Wildman–Crippen LogP) is 2.17. The molecule has 5 nitrogen and oxygen atoms in total. The Labute approximate surface area is 95.2 Å². The lowest BCUT2D eigenvalue weighted by molar-refractivity contribution is -0.157. The number of carbonyl (C=O) groups excluding carboxylic acids is 1. The third-order valence-corrected chi connectivity index (χ3v) is 2.01. The van der Waals surface area contributed by atoms with Crippen LogP contribution in [-0.2, 0) is 20.5 Å². The molecule has 0 radical (unpaired) electrons. The Bertz CT molecular complexity index is 388. The molecule has 0 amide bonds. The van der Waals surface area contributed by atoms with Crippen LogP contribution in [0, 0.1) is 0 Å². The van der Waals surface area contributed by atoms with Gasteiger partial charge in [-0.25, -0.2) is 0 Å². The summed E-state index contributed by atoms with van der Waals surface area (Å²) in [7, 11) is 0. The van der Waals surface area contributed by atoms with Crippen molar-refractivity contribution in [2.45, 2.75) is 52.6 Å². The zero-order chi connectivity index (χ0) is 12.6. The van der Waals surface area contributed by atoms with E-state index < -0.39 is 5.60 Å². The van der Waals surface area contributed by atoms with E-state index in [1.54, 1.807) is 13.8 Å². The molecule has 0 saturated carbocycles. The van der Waals surface area contributed by atoms with Gasteiger partial charge < -0.3 is 9.26 Å². The molecule has 0 unspecified atom stereocenters. The zero-order valence-electron chi connectivity index (χ0n) is 10.6. The lowest BCUT2D eigenvalue weighted by atomic mass is 9.96. The molecule has 1 aromatic heterocycles. The molecule has 0 fully saturated rings. The summed E-state index contributed by atoms with van der Waals surface area (Å²) < 4.78 is 10.2. The highest BCUT2D eigenvalue weighted by Crippen LogP contribution is 2.26. The second-order valence-electron chi connectivity index (χ2n) is 5.28. The second-order valence-corrected chi connectivity index (χ2v) is 5.28. The van der Waals surface area contributed by atoms with E-state index in [1.807, 2.05) is 20.8 Å². The van der Waals surface area contributed by atoms with Crippen molar-refractivity contribution in [3.8, 4) is 0 Å². The van der Waals surface area contributed by atoms with Crippen LogP contribution in [0.1, 0.15) is 53.3 Å². The van der Waals surface area contributed by atoms with Crippen molar-refractivity contribution in [1.29, 1.82) is 0 Å². The highest BCUT2D eigenvalue weighted by atomic mass is 16.6. The first-order valence-corrected chi connectivity index (χ1v) is 5.17. The van der Waals surface area contributed by atoms with Gasteiger partial charge in [-0.1, -0.05) is 25.9 Å². The van der Waals surface area contributed by atoms with Crippen LogP contribution in [0.15, 0.2) is 4.52 Å². The van der Waals surface area contributed by atoms with Crippen LogP contribution in [0.25, 0.3) is 0 Å². The first-order valence-electron chi connectivity index (χ1n) is 5.17. The molecule has 0 aliphatic rings. The van der Waals surface area contributed by atoms with Crippen molar-refractivity contribution < 1.29 is 14.1 Å². The van der Waals surface area contributed by atoms with Crippen LogP contribution in [0.5, 0.6) is 0 Å². The van der Waals surface area contributed by atoms with Crippen LogP contribution < -0.4 is 0 Å². The van der Waals surface area contributed by atoms with Gasteiger partial charge in [0.25, 0.3) is 5.89 Å². The van der Waals surface area contributed by atoms with E-state index in [2.05, 4.69) is 10.1 Å². The number of carbonyl (C=O) groups is 1. The summed E-state index contributed by atoms with van der Waals surface area (Å²) in [6.07, 6.45) is 0. The van der Waals surface area contributed by atoms with Crippen molar-refractivity contribution in [2.24, 2.45) is 0 Å². The van der Waals surface area contributed by atoms with E-state index >= 15 is 0 Å². The molecule has 1 aromatic rings. The minimum absolute atomic E-state index is 0.186. The van der Waals surface area contributed by atoms with Gasteiger partial charge in [0.1, 0.15) is 0 Å². The van der Waals surface area contributed by atoms with Gasteiger partial charge in [-0.15, -0.1) is 0 Å². The molecule has 0 N–H and O–H groups in total. The van der Waals surface area contributed by atoms with Gasteiger partial charge in [0.2, 0.25) is 0 Å². The van der Waals surface area contributed by atoms with Crippen molar-refractivity contribution in [1.82, 2.24) is 10.1 Å². The fourth-order valence-electron chi connectivity index (χ4n) is 1.18. The summed E-state index contributed by atoms with van der Waals surface area (Å²) in [5, 5.41) is 3.88. The van der Waals surface area contributed by atoms with E-state index in [1.165, 1.54) is 6.92 Å². The molecule has 1 heterocycles. The van der Waals surface area contributed by atoms with Crippen molar-refractivity contribution in [3.05, 3.63) is 11.7 Å². The minimum Gasteiger partial charge on any atom is -0.450 e. The van der Waals surface area contributed by atoms with Gasteiger partial charge in [0, 0.05) is 12.3 Å². The first kappa shape index (κ1) is 12.7. The van der Waals surface area contributed by atoms with E-state index in [9.17, 15) is 4.79 Å². The number of ether oxygens (including phenoxy) is 1. The summed E-state index contributed by atoms with van der Waals surface area (Å²) in [6, 6.07) is 0. The summed E-state index contributed by atoms with van der Waals surface area (Å²) in [5.74, 6) is 0.538. The fraction of sp³-hybridized carbons (Fsp3) is 0.727. The minimum atomic E-state index is -0.887. The monoisotopic (exact) mass is 226 g/mol. The maximum Gasteiger partial charge on any atom is 0.303 e. The van der Waals surface area contributed by atoms with Gasteiger partial charge in [-0.2, -0.15) is 4.98 Å². The molecule has 0 aromatic carbocycles. The largest absolute Gasteiger partial charge is 0.450 e. The molecule has 5 heteroatoms. The Kier molecular flexibility index (Phi) is 3.08. The van der Waals surface area contributed by atoms with Crippen molar-refractivity contribution in [3.63, 3.8) is 0 Å². The second kappa shape index (κ2) is 3.88. The van der Waals surface area contributed by atoms with E-state index in [-0.39, 0.29) is 11.4 Å². The summed E-state index contributed by atoms with van der Waals surface area (Å²) in [5.41, 5.74) is -1.07. The molecule has 0 aliphatic carbocycles. The van der Waals surface area contributed by atoms with E-state index in [4.69, 9.17) is 9.26 Å². The standard InChI is InChI=1S/C11H18N2O3/c1-7(14)15-11(5,6)9-12-8(13-16-9)10(2,3)4/h1-6H3. The van der Waals surface area contributed by atoms with Crippen LogP contribution in [0.4, 0.5) is 0 Å². The Morgan fingerprint density at radius 1 is 1.25 bits per heavy atom. The van der Waals surface area contributed by atoms with Gasteiger partial charge in [-0.05, 0) is 13.8 Å². The lowest BCUT2D eigenvalue weighted by Crippen LogP contribution is -2.25. The Balaban J connectivity index is 2.97. The van der Waals surface area contributed by atoms with Crippen LogP contribution in [-0.4, -0.2) is 16.1 Å². The topological polar surface area (TPSA) is 65.2 Å². The molecular formula is C11H18N2O3. The molecule has 0 bridgehead atoms. The molecule has 1 rings (SSSR count). The number of hydrogen-bond donors (Lipinski definition) is 0. The molecular weight excluding hydrogens is 208 g/mol. The fourth-order valence-corrected chi connectivity index (χ4v) is 1.18. The Morgan fingerprint density at radius 3 is 2.19 bits per heavy atom. The molecule has 0 saturated heterocycles. The third kappa shape index (κ3) is 2.81. The van der Waals surface area contributed by atoms with Crippen molar-refractivity contribution >= 4 is 5.97 Å². The zero-order valence-corrected chi connectivity index (χ0v) is 10.6. The number of rotatable bonds is 2. The van der Waals surface area contributed by atoms with Crippen LogP contribution >= 0.6 is 0 Å². The summed E-state index contributed by atoms with van der Waals surface area (Å²) in [4.78, 5) is 15.2. The number of nitrogens with zero attached hydrogens (tertiary/aromatic N) is 2. The third-order valence-electron chi connectivity index (χ3n) is 2.01. The predicted molar refractivity (Wildman–Crippen MR) is 57.8 cm³/mol. The normalized spacial score (nSPS) is 12.6. The summed E-state index contributed by atoms with van der Waals surface area (Å²) in [6.45, 7) is 10.7. The number of aromatic nitrogens is 2. The van der Waals surface area contributed by atoms with Gasteiger partial charge in [0.05, 0.1) is 0 Å². The lowest BCUT2D eigenvalue weighted by Gasteiger charge is -2.19. The molecule has 0 aliphatic heterocycles. The van der Waals surface area contributed by atoms with E-state index in [0.717, 1.165) is 0 Å². The maximum atomic E-state index is 10.9. The average Bonchev–Trinajstić information content (AvgIpc) is 2.47. The quantitative estimate of drug-likeness (QED) is 0.723. The highest BCUT2D eigenvalue weighted by Gasteiger charge is 2.33. The maximum absolute atomic E-state index is 10.9. The van der Waals surface area contributed by atoms with Gasteiger partial charge in [0.15, 0.2) is 11.4 Å². The van der Waals surface area contributed by atoms with Crippen LogP contribution in [0.2, 0.25) is 0 Å². The SMILES string of the molecule is CC(=O)OC(C)(C)c1nc(C(C)(C)C)no1. The van der Waals surface area contributed by atoms with Crippen molar-refractivity contribution in [2.75, 3.05) is 0 Å². The summed E-state index contributed by atoms with van der Waals surface area (Å²) >= 11 is 0. The van der Waals surface area contributed by atoms with E-state index in [0.29, 0.717) is 11.7 Å². The molecule has 0 atom stereocenters. The smallest absolute Gasteiger partial charge is 0.303 e. The van der Waals surface area contributed by atoms with Crippen LogP contribution in [0.3, 0.4) is 0 Å². The Morgan fingerprint density at radius 2 is 1.81 bits per heavy atom. The van der Waals surface area contributed by atoms with Gasteiger partial charge >= 0.3 is 5.97 Å². The number of hydrogen-bond acceptors (Lipinski definition) is 5. The molecule has 90 valence electrons. The van der Waals surface area contributed by atoms with Gasteiger partial charge in [-0.3, -0.25) is 4.79 Å². The Hall–Kier alpha value is -1.39.